The first kappa shape index (κ1) is 45.4. The number of aliphatic hydroxyl groups excluding tert-OH is 2. The number of nitrogens with two attached hydrogens (primary N) is 3. The molecule has 25 nitrogen and oxygen atoms in total. The lowest BCUT2D eigenvalue weighted by Gasteiger charge is -2.30. The zero-order valence-corrected chi connectivity index (χ0v) is 32.6. The highest BCUT2D eigenvalue weighted by Gasteiger charge is 2.56. The van der Waals surface area contributed by atoms with Gasteiger partial charge in [0.25, 0.3) is 0 Å². The number of thioether (sulfide) groups is 1. The number of carbonyl (C=O) groups is 2. The Hall–Kier alpha value is -2.35. The Morgan fingerprint density at radius 3 is 2.42 bits per heavy atom. The minimum atomic E-state index is -5.77. The number of phosphoric acid groups is 3. The summed E-state index contributed by atoms with van der Waals surface area (Å²) in [6, 6.07) is 0.440. The van der Waals surface area contributed by atoms with Crippen molar-refractivity contribution in [2.75, 3.05) is 24.6 Å². The third-order valence-corrected chi connectivity index (χ3v) is 13.9. The van der Waals surface area contributed by atoms with Gasteiger partial charge in [0.1, 0.15) is 30.5 Å². The van der Waals surface area contributed by atoms with Gasteiger partial charge in [0.2, 0.25) is 5.85 Å². The van der Waals surface area contributed by atoms with E-state index < -0.39 is 60.2 Å². The second-order valence-electron chi connectivity index (χ2n) is 12.7. The number of hydrogen-bond donors (Lipinski definition) is 12. The Balaban J connectivity index is 0.000000348. The van der Waals surface area contributed by atoms with Gasteiger partial charge >= 0.3 is 35.5 Å². The van der Waals surface area contributed by atoms with Gasteiger partial charge in [0.15, 0.2) is 17.0 Å². The molecule has 3 aliphatic heterocycles. The molecule has 2 aromatic rings. The molecule has 0 spiro atoms. The van der Waals surface area contributed by atoms with E-state index in [-0.39, 0.29) is 47.3 Å². The first-order chi connectivity index (χ1) is 25.7. The highest BCUT2D eigenvalue weighted by molar-refractivity contribution is 8.00. The summed E-state index contributed by atoms with van der Waals surface area (Å²) in [6.07, 6.45) is 2.03. The lowest BCUT2D eigenvalue weighted by molar-refractivity contribution is -0.142. The van der Waals surface area contributed by atoms with E-state index in [9.17, 15) is 43.3 Å². The molecule has 0 aliphatic carbocycles. The average Bonchev–Trinajstić information content (AvgIpc) is 3.79. The molecule has 2 aromatic heterocycles. The van der Waals surface area contributed by atoms with E-state index >= 15 is 0 Å². The zero-order chi connectivity index (χ0) is 40.8. The quantitative estimate of drug-likeness (QED) is 0.0472. The van der Waals surface area contributed by atoms with Gasteiger partial charge in [0.05, 0.1) is 18.7 Å². The van der Waals surface area contributed by atoms with Crippen LogP contribution in [0.2, 0.25) is 0 Å². The van der Waals surface area contributed by atoms with Crippen molar-refractivity contribution in [2.24, 2.45) is 11.5 Å². The fraction of sp³-hybridized carbons (Fsp3) is 0.731. The monoisotopic (exact) mass is 865 g/mol. The Kier molecular flexibility index (Phi) is 15.6. The minimum Gasteiger partial charge on any atom is -0.481 e. The summed E-state index contributed by atoms with van der Waals surface area (Å²) in [7, 11) is -16.9. The van der Waals surface area contributed by atoms with Crippen LogP contribution in [0.25, 0.3) is 11.2 Å². The van der Waals surface area contributed by atoms with Crippen LogP contribution in [0.3, 0.4) is 0 Å². The second kappa shape index (κ2) is 18.9. The van der Waals surface area contributed by atoms with E-state index in [0.717, 1.165) is 50.6 Å². The first-order valence-electron chi connectivity index (χ1n) is 16.9. The Morgan fingerprint density at radius 1 is 1.04 bits per heavy atom. The van der Waals surface area contributed by atoms with Gasteiger partial charge < -0.3 is 61.7 Å². The molecule has 2 amide bonds. The van der Waals surface area contributed by atoms with Crippen molar-refractivity contribution in [3.8, 4) is 0 Å². The van der Waals surface area contributed by atoms with E-state index in [2.05, 4.69) is 38.7 Å². The number of unbranched alkanes of at least 4 members (excludes halogenated alkanes) is 4. The maximum Gasteiger partial charge on any atom is 0.490 e. The number of ether oxygens (including phenoxy) is 1. The molecule has 3 fully saturated rings. The molecule has 3 aliphatic rings. The Labute approximate surface area is 317 Å². The van der Waals surface area contributed by atoms with Gasteiger partial charge in [-0.25, -0.2) is 33.4 Å². The molecule has 5 heterocycles. The fourth-order valence-corrected chi connectivity index (χ4v) is 10.7. The van der Waals surface area contributed by atoms with Gasteiger partial charge in [-0.15, -0.1) is 0 Å². The van der Waals surface area contributed by atoms with Crippen LogP contribution in [0, 0.1) is 0 Å². The summed E-state index contributed by atoms with van der Waals surface area (Å²) in [4.78, 5) is 70.1. The molecule has 5 rings (SSSR count). The molecular formula is C26H46N9O16P3S. The van der Waals surface area contributed by atoms with Gasteiger partial charge in [0, 0.05) is 23.8 Å². The van der Waals surface area contributed by atoms with Crippen molar-refractivity contribution in [1.29, 1.82) is 0 Å². The number of imidazole rings is 1. The normalized spacial score (nSPS) is 28.5. The number of phosphoric ester groups is 1. The van der Waals surface area contributed by atoms with Crippen LogP contribution in [0.1, 0.15) is 57.2 Å². The number of urea groups is 1. The molecular weight excluding hydrogens is 819 g/mol. The van der Waals surface area contributed by atoms with E-state index in [0.29, 0.717) is 24.6 Å². The number of anilines is 1. The number of aromatic nitrogens is 4. The third-order valence-electron chi connectivity index (χ3n) is 8.60. The molecule has 0 saturated carbocycles. The SMILES string of the molecule is NCCCCCCc1nc2c(N)ncnc2n1[C@]1(N)O[C@H](COP(=O)(O)OP(=O)(O)OP(=O)(O)O)[C@@H](O)[C@H]1O.O=C(O)CCCC[C@@H]1SC[C@@H]2NC(=O)N[C@@H]21. The number of carbonyl (C=O) groups excluding carboxylic acids is 1. The number of nitrogens with one attached hydrogen (secondary N) is 2. The van der Waals surface area contributed by atoms with Crippen molar-refractivity contribution in [2.45, 2.75) is 99.3 Å². The predicted octanol–water partition coefficient (Wildman–Crippen LogP) is -0.700. The summed E-state index contributed by atoms with van der Waals surface area (Å²) in [5.41, 5.74) is 18.0. The number of aliphatic carboxylic acids is 1. The Bertz CT molecular complexity index is 1810. The number of aliphatic hydroxyl groups is 2. The number of carboxylic acid groups (broad SMARTS) is 1. The summed E-state index contributed by atoms with van der Waals surface area (Å²) < 4.78 is 53.0. The number of fused-ring (bicyclic) bond motifs is 2. The van der Waals surface area contributed by atoms with Crippen LogP contribution in [-0.4, -0.2) is 121 Å². The fourth-order valence-electron chi connectivity index (χ4n) is 6.15. The van der Waals surface area contributed by atoms with Crippen LogP contribution in [0.4, 0.5) is 10.6 Å². The number of nitrogens with zero attached hydrogens (tertiary/aromatic N) is 4. The van der Waals surface area contributed by atoms with E-state index in [4.69, 9.17) is 36.8 Å². The van der Waals surface area contributed by atoms with E-state index in [1.807, 2.05) is 11.8 Å². The number of carboxylic acids is 1. The summed E-state index contributed by atoms with van der Waals surface area (Å²) in [5, 5.41) is 36.2. The standard InChI is InChI=1S/C16H30N7O13P3.C10H16N2O3S/c17-6-4-2-1-3-5-10-22-11-14(18)20-8-21-15(11)23(10)16(19)13(25)12(24)9(34-16)7-33-38(29,30)36-39(31,32)35-37(26,27)28;13-8(14)4-2-1-3-7-9-6(5-16-7)11-10(15)12-9/h8-9,12-13,24-25H,1-7,17,19H2,(H,29,30)(H,31,32)(H2,18,20,21)(H2,26,27,28);6-7,9H,1-5H2,(H,13,14)(H2,11,12,15)/t9-,12-,13-,16+;6-,7-,9-/m10/s1. The first-order valence-corrected chi connectivity index (χ1v) is 22.4. The number of nitrogen functional groups attached to an aromatic ring is 1. The minimum absolute atomic E-state index is 0.00368. The van der Waals surface area contributed by atoms with Gasteiger partial charge in [-0.05, 0) is 32.2 Å². The number of aryl methyl sites for hydroxylation is 1. The molecule has 55 heavy (non-hydrogen) atoms. The van der Waals surface area contributed by atoms with Gasteiger partial charge in [-0.1, -0.05) is 19.3 Å². The molecule has 2 unspecified atom stereocenters. The predicted molar refractivity (Wildman–Crippen MR) is 191 cm³/mol. The molecule has 9 atom stereocenters. The van der Waals surface area contributed by atoms with Crippen LogP contribution in [-0.2, 0) is 48.6 Å². The summed E-state index contributed by atoms with van der Waals surface area (Å²) >= 11 is 1.87. The highest BCUT2D eigenvalue weighted by Crippen LogP contribution is 2.66. The van der Waals surface area contributed by atoms with Gasteiger partial charge in [-0.3, -0.25) is 19.6 Å². The number of amides is 2. The molecule has 15 N–H and O–H groups in total. The lowest BCUT2D eigenvalue weighted by atomic mass is 10.0. The second-order valence-corrected chi connectivity index (χ2v) is 18.4. The van der Waals surface area contributed by atoms with Crippen molar-refractivity contribution in [1.82, 2.24) is 30.2 Å². The number of hydrogen-bond acceptors (Lipinski definition) is 18. The van der Waals surface area contributed by atoms with E-state index in [1.54, 1.807) is 0 Å². The van der Waals surface area contributed by atoms with Crippen LogP contribution in [0.15, 0.2) is 6.33 Å². The summed E-state index contributed by atoms with van der Waals surface area (Å²) in [6.45, 7) is -0.519. The van der Waals surface area contributed by atoms with E-state index in [1.165, 1.54) is 4.57 Å². The maximum absolute atomic E-state index is 12.1. The van der Waals surface area contributed by atoms with Crippen LogP contribution < -0.4 is 27.8 Å². The molecule has 0 radical (unpaired) electrons. The zero-order valence-electron chi connectivity index (χ0n) is 29.1. The smallest absolute Gasteiger partial charge is 0.481 e. The number of rotatable bonds is 19. The summed E-state index contributed by atoms with van der Waals surface area (Å²) in [5.74, 6) is -1.75. The van der Waals surface area contributed by atoms with Crippen molar-refractivity contribution >= 4 is 64.2 Å². The molecule has 29 heteroatoms. The van der Waals surface area contributed by atoms with Crippen molar-refractivity contribution in [3.63, 3.8) is 0 Å². The van der Waals surface area contributed by atoms with Gasteiger partial charge in [-0.2, -0.15) is 20.4 Å². The molecule has 3 saturated heterocycles. The molecule has 0 bridgehead atoms. The average molecular weight is 866 g/mol. The highest BCUT2D eigenvalue weighted by atomic mass is 32.2. The van der Waals surface area contributed by atoms with Crippen LogP contribution >= 0.6 is 35.2 Å². The third kappa shape index (κ3) is 12.3. The molecule has 0 aromatic carbocycles. The topological polar surface area (TPSA) is 410 Å². The van der Waals surface area contributed by atoms with Crippen molar-refractivity contribution in [3.05, 3.63) is 12.2 Å². The Morgan fingerprint density at radius 2 is 1.75 bits per heavy atom. The van der Waals surface area contributed by atoms with Crippen LogP contribution in [0.5, 0.6) is 0 Å². The maximum atomic E-state index is 12.1. The largest absolute Gasteiger partial charge is 0.490 e. The van der Waals surface area contributed by atoms with Crippen molar-refractivity contribution < 1.29 is 76.1 Å². The molecule has 312 valence electrons. The lowest BCUT2D eigenvalue weighted by Crippen LogP contribution is -2.53.